The Kier molecular flexibility index (Phi) is 5.02. The normalized spacial score (nSPS) is 10.4. The maximum atomic E-state index is 11.0. The van der Waals surface area contributed by atoms with Crippen molar-refractivity contribution in [2.75, 3.05) is 11.8 Å². The van der Waals surface area contributed by atoms with Crippen molar-refractivity contribution in [2.45, 2.75) is 5.03 Å². The summed E-state index contributed by atoms with van der Waals surface area (Å²) in [5.41, 5.74) is 1.96. The Morgan fingerprint density at radius 1 is 1.25 bits per heavy atom. The molecule has 0 bridgehead atoms. The highest BCUT2D eigenvalue weighted by molar-refractivity contribution is 8.00. The first kappa shape index (κ1) is 16.4. The van der Waals surface area contributed by atoms with Crippen LogP contribution in [0.4, 0.5) is 5.69 Å². The lowest BCUT2D eigenvalue weighted by molar-refractivity contribution is 0.0696. The molecule has 0 radical (unpaired) electrons. The molecule has 0 atom stereocenters. The number of ether oxygens (including phenoxy) is 1. The summed E-state index contributed by atoms with van der Waals surface area (Å²) in [5.74, 6) is -0.514. The van der Waals surface area contributed by atoms with Crippen LogP contribution in [0, 0.1) is 0 Å². The Morgan fingerprint density at radius 3 is 2.75 bits per heavy atom. The van der Waals surface area contributed by atoms with Gasteiger partial charge in [0.1, 0.15) is 15.8 Å². The van der Waals surface area contributed by atoms with Crippen LogP contribution in [-0.4, -0.2) is 23.2 Å². The zero-order chi connectivity index (χ0) is 16.9. The van der Waals surface area contributed by atoms with E-state index >= 15 is 0 Å². The number of nitrogens with zero attached hydrogens (tertiary/aromatic N) is 1. The third kappa shape index (κ3) is 3.69. The molecule has 24 heavy (non-hydrogen) atoms. The lowest BCUT2D eigenvalue weighted by Crippen LogP contribution is -1.99. The molecule has 3 rings (SSSR count). The number of benzene rings is 2. The van der Waals surface area contributed by atoms with Crippen LogP contribution in [-0.2, 0) is 0 Å². The molecule has 122 valence electrons. The Hall–Kier alpha value is -2.51. The summed E-state index contributed by atoms with van der Waals surface area (Å²) < 4.78 is 8.40. The van der Waals surface area contributed by atoms with Crippen molar-refractivity contribution in [3.8, 4) is 16.3 Å². The Bertz CT molecular complexity index is 850. The highest BCUT2D eigenvalue weighted by Gasteiger charge is 2.10. The minimum Gasteiger partial charge on any atom is -0.495 e. The van der Waals surface area contributed by atoms with Gasteiger partial charge in [-0.2, -0.15) is 0 Å². The van der Waals surface area contributed by atoms with Gasteiger partial charge in [-0.3, -0.25) is 0 Å². The van der Waals surface area contributed by atoms with Gasteiger partial charge < -0.3 is 14.6 Å². The highest BCUT2D eigenvalue weighted by Crippen LogP contribution is 2.32. The third-order valence-corrected chi connectivity index (χ3v) is 5.00. The molecule has 1 aromatic heterocycles. The number of aromatic nitrogens is 1. The van der Waals surface area contributed by atoms with Gasteiger partial charge in [0.15, 0.2) is 0 Å². The Morgan fingerprint density at radius 2 is 2.04 bits per heavy atom. The van der Waals surface area contributed by atoms with Gasteiger partial charge >= 0.3 is 5.97 Å². The number of carboxylic acids is 1. The van der Waals surface area contributed by atoms with E-state index in [1.165, 1.54) is 31.2 Å². The minimum absolute atomic E-state index is 0.183. The van der Waals surface area contributed by atoms with E-state index in [0.29, 0.717) is 11.4 Å². The number of carbonyl (C=O) groups is 1. The molecule has 0 aliphatic carbocycles. The maximum absolute atomic E-state index is 11.0. The minimum atomic E-state index is -0.987. The summed E-state index contributed by atoms with van der Waals surface area (Å²) in [6, 6.07) is 14.7. The SMILES string of the molecule is COc1cc(C(=O)O)ccc1NSc1csc(-c2ccccc2)n1. The molecular formula is C17H14N2O3S2. The Balaban J connectivity index is 1.72. The molecule has 0 amide bonds. The fourth-order valence-electron chi connectivity index (χ4n) is 2.04. The predicted octanol–water partition coefficient (Wildman–Crippen LogP) is 4.64. The molecule has 7 heteroatoms. The predicted molar refractivity (Wildman–Crippen MR) is 97.0 cm³/mol. The number of hydrogen-bond acceptors (Lipinski definition) is 6. The quantitative estimate of drug-likeness (QED) is 0.626. The van der Waals surface area contributed by atoms with Gasteiger partial charge in [-0.25, -0.2) is 9.78 Å². The standard InChI is InChI=1S/C17H14N2O3S2/c1-22-14-9-12(17(20)21)7-8-13(14)19-24-15-10-23-16(18-15)11-5-3-2-4-6-11/h2-10,19H,1H3,(H,20,21). The monoisotopic (exact) mass is 358 g/mol. The van der Waals surface area contributed by atoms with Crippen molar-refractivity contribution >= 4 is 34.9 Å². The fraction of sp³-hybridized carbons (Fsp3) is 0.0588. The topological polar surface area (TPSA) is 71.5 Å². The number of nitrogens with one attached hydrogen (secondary N) is 1. The molecule has 2 N–H and O–H groups in total. The van der Waals surface area contributed by atoms with Crippen LogP contribution in [0.5, 0.6) is 5.75 Å². The van der Waals surface area contributed by atoms with Crippen LogP contribution in [0.3, 0.4) is 0 Å². The van der Waals surface area contributed by atoms with Crippen molar-refractivity contribution in [3.05, 3.63) is 59.5 Å². The summed E-state index contributed by atoms with van der Waals surface area (Å²) in [6.45, 7) is 0. The first-order chi connectivity index (χ1) is 11.7. The average Bonchev–Trinajstić information content (AvgIpc) is 3.09. The van der Waals surface area contributed by atoms with Crippen molar-refractivity contribution in [1.82, 2.24) is 4.98 Å². The first-order valence-corrected chi connectivity index (χ1v) is 8.72. The van der Waals surface area contributed by atoms with Gasteiger partial charge in [-0.1, -0.05) is 30.3 Å². The first-order valence-electron chi connectivity index (χ1n) is 7.02. The van der Waals surface area contributed by atoms with Gasteiger partial charge in [-0.15, -0.1) is 11.3 Å². The summed E-state index contributed by atoms with van der Waals surface area (Å²) in [7, 11) is 1.51. The second kappa shape index (κ2) is 7.37. The maximum Gasteiger partial charge on any atom is 0.335 e. The molecule has 0 saturated carbocycles. The zero-order valence-corrected chi connectivity index (χ0v) is 14.4. The van der Waals surface area contributed by atoms with Crippen LogP contribution in [0.2, 0.25) is 0 Å². The smallest absolute Gasteiger partial charge is 0.335 e. The van der Waals surface area contributed by atoms with Gasteiger partial charge in [0.25, 0.3) is 0 Å². The van der Waals surface area contributed by atoms with Gasteiger partial charge in [0.2, 0.25) is 0 Å². The van der Waals surface area contributed by atoms with Crippen LogP contribution < -0.4 is 9.46 Å². The van der Waals surface area contributed by atoms with Crippen molar-refractivity contribution in [1.29, 1.82) is 0 Å². The molecule has 5 nitrogen and oxygen atoms in total. The number of methoxy groups -OCH3 is 1. The van der Waals surface area contributed by atoms with Crippen LogP contribution in [0.15, 0.2) is 58.9 Å². The number of anilines is 1. The van der Waals surface area contributed by atoms with Crippen molar-refractivity contribution in [2.24, 2.45) is 0 Å². The summed E-state index contributed by atoms with van der Waals surface area (Å²) in [5, 5.41) is 12.8. The van der Waals surface area contributed by atoms with Crippen molar-refractivity contribution < 1.29 is 14.6 Å². The third-order valence-electron chi connectivity index (χ3n) is 3.22. The van der Waals surface area contributed by atoms with E-state index in [1.807, 2.05) is 35.7 Å². The molecular weight excluding hydrogens is 344 g/mol. The molecule has 0 saturated heterocycles. The lowest BCUT2D eigenvalue weighted by atomic mass is 10.2. The second-order valence-electron chi connectivity index (χ2n) is 4.78. The number of carboxylic acid groups (broad SMARTS) is 1. The number of aromatic carboxylic acids is 1. The van der Waals surface area contributed by atoms with Crippen LogP contribution in [0.1, 0.15) is 10.4 Å². The molecule has 0 aliphatic rings. The zero-order valence-electron chi connectivity index (χ0n) is 12.7. The number of hydrogen-bond donors (Lipinski definition) is 2. The van der Waals surface area contributed by atoms with E-state index in [2.05, 4.69) is 9.71 Å². The fourth-order valence-corrected chi connectivity index (χ4v) is 3.64. The van der Waals surface area contributed by atoms with Crippen LogP contribution >= 0.6 is 23.3 Å². The highest BCUT2D eigenvalue weighted by atomic mass is 32.2. The molecule has 0 aliphatic heterocycles. The molecule has 0 spiro atoms. The molecule has 3 aromatic rings. The summed E-state index contributed by atoms with van der Waals surface area (Å²) in [6.07, 6.45) is 0. The summed E-state index contributed by atoms with van der Waals surface area (Å²) >= 11 is 2.93. The molecule has 1 heterocycles. The molecule has 0 fully saturated rings. The van der Waals surface area contributed by atoms with E-state index in [0.717, 1.165) is 15.6 Å². The molecule has 0 unspecified atom stereocenters. The second-order valence-corrected chi connectivity index (χ2v) is 6.47. The average molecular weight is 358 g/mol. The largest absolute Gasteiger partial charge is 0.495 e. The van der Waals surface area contributed by atoms with E-state index in [1.54, 1.807) is 17.4 Å². The van der Waals surface area contributed by atoms with Gasteiger partial charge in [0, 0.05) is 22.9 Å². The van der Waals surface area contributed by atoms with E-state index in [4.69, 9.17) is 9.84 Å². The van der Waals surface area contributed by atoms with Gasteiger partial charge in [0.05, 0.1) is 18.4 Å². The van der Waals surface area contributed by atoms with E-state index in [9.17, 15) is 4.79 Å². The van der Waals surface area contributed by atoms with Crippen LogP contribution in [0.25, 0.3) is 10.6 Å². The van der Waals surface area contributed by atoms with E-state index < -0.39 is 5.97 Å². The molecule has 2 aromatic carbocycles. The van der Waals surface area contributed by atoms with Gasteiger partial charge in [-0.05, 0) is 18.2 Å². The van der Waals surface area contributed by atoms with Crippen molar-refractivity contribution in [3.63, 3.8) is 0 Å². The van der Waals surface area contributed by atoms with E-state index in [-0.39, 0.29) is 5.56 Å². The summed E-state index contributed by atoms with van der Waals surface area (Å²) in [4.78, 5) is 15.6. The number of thiazole rings is 1. The lowest BCUT2D eigenvalue weighted by Gasteiger charge is -2.10. The Labute approximate surface area is 147 Å². The number of rotatable bonds is 6.